The van der Waals surface area contributed by atoms with Gasteiger partial charge in [-0.1, -0.05) is 77.4 Å². The molecule has 2 saturated heterocycles. The summed E-state index contributed by atoms with van der Waals surface area (Å²) in [5.74, 6) is -0.885. The number of hydrogen-bond donors (Lipinski definition) is 3. The fraction of sp³-hybridized carbons (Fsp3) is 0.676. The maximum absolute atomic E-state index is 14.2. The molecule has 0 aliphatic carbocycles. The molecule has 0 aromatic heterocycles. The highest BCUT2D eigenvalue weighted by Crippen LogP contribution is 2.27. The van der Waals surface area contributed by atoms with Crippen molar-refractivity contribution in [3.8, 4) is 0 Å². The maximum Gasteiger partial charge on any atom is 0.249 e. The first kappa shape index (κ1) is 38.2. The van der Waals surface area contributed by atoms with Gasteiger partial charge in [0.2, 0.25) is 23.6 Å². The van der Waals surface area contributed by atoms with E-state index in [1.54, 1.807) is 23.8 Å². The van der Waals surface area contributed by atoms with Crippen molar-refractivity contribution in [2.75, 3.05) is 26.7 Å². The van der Waals surface area contributed by atoms with Gasteiger partial charge < -0.3 is 25.5 Å². The van der Waals surface area contributed by atoms with Gasteiger partial charge >= 0.3 is 0 Å². The van der Waals surface area contributed by atoms with Crippen molar-refractivity contribution >= 4 is 23.6 Å². The molecule has 0 saturated carbocycles. The zero-order valence-corrected chi connectivity index (χ0v) is 30.1. The Morgan fingerprint density at radius 3 is 2.13 bits per heavy atom. The minimum Gasteiger partial charge on any atom is -0.394 e. The predicted octanol–water partition coefficient (Wildman–Crippen LogP) is 4.05. The molecule has 1 aromatic carbocycles. The molecule has 3 rings (SSSR count). The average molecular weight is 654 g/mol. The molecule has 2 heterocycles. The topological polar surface area (TPSA) is 122 Å². The highest BCUT2D eigenvalue weighted by atomic mass is 16.3. The van der Waals surface area contributed by atoms with Crippen LogP contribution in [0.15, 0.2) is 42.0 Å². The van der Waals surface area contributed by atoms with E-state index in [0.29, 0.717) is 25.0 Å². The minimum atomic E-state index is -0.752. The summed E-state index contributed by atoms with van der Waals surface area (Å²) in [7, 11) is 1.73. The summed E-state index contributed by atoms with van der Waals surface area (Å²) in [6, 6.07) is 6.86. The van der Waals surface area contributed by atoms with Gasteiger partial charge in [0.05, 0.1) is 24.7 Å². The van der Waals surface area contributed by atoms with Crippen LogP contribution in [-0.4, -0.2) is 100 Å². The number of carbonyl (C=O) groups excluding carboxylic acids is 4. The molecule has 262 valence electrons. The summed E-state index contributed by atoms with van der Waals surface area (Å²) in [4.78, 5) is 60.4. The lowest BCUT2D eigenvalue weighted by Gasteiger charge is -2.41. The number of nitrogens with zero attached hydrogens (tertiary/aromatic N) is 3. The van der Waals surface area contributed by atoms with Crippen molar-refractivity contribution in [2.45, 2.75) is 124 Å². The number of piperidine rings is 1. The normalized spacial score (nSPS) is 21.4. The number of aliphatic hydroxyl groups excluding tert-OH is 1. The van der Waals surface area contributed by atoms with Crippen LogP contribution < -0.4 is 10.6 Å². The van der Waals surface area contributed by atoms with Crippen LogP contribution in [-0.2, 0) is 19.2 Å². The average Bonchev–Trinajstić information content (AvgIpc) is 3.53. The second-order valence-corrected chi connectivity index (χ2v) is 15.0. The van der Waals surface area contributed by atoms with Gasteiger partial charge in [0.15, 0.2) is 0 Å². The number of carbonyl (C=O) groups is 4. The Morgan fingerprint density at radius 1 is 0.936 bits per heavy atom. The number of amides is 4. The number of nitrogens with one attached hydrogen (secondary N) is 2. The molecule has 47 heavy (non-hydrogen) atoms. The van der Waals surface area contributed by atoms with E-state index in [1.807, 2.05) is 71.0 Å². The van der Waals surface area contributed by atoms with Crippen LogP contribution in [0.4, 0.5) is 0 Å². The lowest BCUT2D eigenvalue weighted by molar-refractivity contribution is -0.142. The van der Waals surface area contributed by atoms with Crippen molar-refractivity contribution in [3.05, 3.63) is 47.5 Å². The van der Waals surface area contributed by atoms with Crippen LogP contribution >= 0.6 is 0 Å². The Bertz CT molecular complexity index is 1260. The molecule has 1 aromatic rings. The second-order valence-electron chi connectivity index (χ2n) is 15.0. The highest BCUT2D eigenvalue weighted by Gasteiger charge is 2.40. The van der Waals surface area contributed by atoms with Gasteiger partial charge in [-0.05, 0) is 69.9 Å². The lowest BCUT2D eigenvalue weighted by Crippen LogP contribution is -2.60. The molecule has 0 radical (unpaired) electrons. The van der Waals surface area contributed by atoms with Gasteiger partial charge in [-0.2, -0.15) is 0 Å². The third kappa shape index (κ3) is 9.66. The van der Waals surface area contributed by atoms with E-state index in [1.165, 1.54) is 0 Å². The first-order chi connectivity index (χ1) is 22.1. The monoisotopic (exact) mass is 653 g/mol. The molecular weight excluding hydrogens is 594 g/mol. The van der Waals surface area contributed by atoms with Crippen LogP contribution in [0.25, 0.3) is 0 Å². The maximum atomic E-state index is 14.2. The SMILES string of the molecule is C/C(=C\C(C(C)C)N(C)C(=O)[C@@H](NC(=O)[C@H]1CCCCN1C(C)C)C(C)(C)C)C(=O)N1CCC[C@H]1C(=O)N[C@H](CO)c1ccccc1. The number of benzene rings is 1. The first-order valence-electron chi connectivity index (χ1n) is 17.4. The summed E-state index contributed by atoms with van der Waals surface area (Å²) >= 11 is 0. The fourth-order valence-electron chi connectivity index (χ4n) is 6.87. The van der Waals surface area contributed by atoms with Gasteiger partial charge in [-0.15, -0.1) is 0 Å². The van der Waals surface area contributed by atoms with E-state index in [-0.39, 0.29) is 48.2 Å². The molecule has 2 aliphatic rings. The van der Waals surface area contributed by atoms with Gasteiger partial charge in [-0.3, -0.25) is 24.1 Å². The molecule has 4 amide bonds. The van der Waals surface area contributed by atoms with Gasteiger partial charge in [0.1, 0.15) is 12.1 Å². The van der Waals surface area contributed by atoms with Crippen molar-refractivity contribution in [2.24, 2.45) is 11.3 Å². The standard InChI is InChI=1S/C37H59N5O5/c1-24(2)31(40(9)36(47)32(37(6,7)8)39-34(45)29-18-13-14-20-41(29)25(3)4)22-26(5)35(46)42-21-15-19-30(42)33(44)38-28(23-43)27-16-11-10-12-17-27/h10-12,16-17,22,24-25,28-32,43H,13-15,18-21,23H2,1-9H3,(H,38,44)(H,39,45)/b26-22+/t28-,29-,30+,31?,32-/m1/s1. The third-order valence-corrected chi connectivity index (χ3v) is 9.66. The predicted molar refractivity (Wildman–Crippen MR) is 185 cm³/mol. The quantitative estimate of drug-likeness (QED) is 0.293. The summed E-state index contributed by atoms with van der Waals surface area (Å²) in [5, 5.41) is 16.0. The van der Waals surface area contributed by atoms with E-state index >= 15 is 0 Å². The minimum absolute atomic E-state index is 0.0216. The van der Waals surface area contributed by atoms with Gasteiger partial charge in [0, 0.05) is 25.2 Å². The third-order valence-electron chi connectivity index (χ3n) is 9.66. The molecule has 10 nitrogen and oxygen atoms in total. The number of rotatable bonds is 12. The van der Waals surface area contributed by atoms with Crippen LogP contribution in [0.3, 0.4) is 0 Å². The zero-order chi connectivity index (χ0) is 35.1. The molecular formula is C37H59N5O5. The van der Waals surface area contributed by atoms with E-state index in [2.05, 4.69) is 29.4 Å². The molecule has 0 bridgehead atoms. The van der Waals surface area contributed by atoms with Crippen molar-refractivity contribution in [1.82, 2.24) is 25.3 Å². The fourth-order valence-corrected chi connectivity index (χ4v) is 6.87. The van der Waals surface area contributed by atoms with Crippen molar-refractivity contribution in [3.63, 3.8) is 0 Å². The summed E-state index contributed by atoms with van der Waals surface area (Å²) < 4.78 is 0. The summed E-state index contributed by atoms with van der Waals surface area (Å²) in [6.07, 6.45) is 5.87. The van der Waals surface area contributed by atoms with E-state index in [0.717, 1.165) is 31.4 Å². The van der Waals surface area contributed by atoms with E-state index in [4.69, 9.17) is 0 Å². The largest absolute Gasteiger partial charge is 0.394 e. The van der Waals surface area contributed by atoms with Crippen LogP contribution in [0, 0.1) is 11.3 Å². The van der Waals surface area contributed by atoms with Crippen molar-refractivity contribution < 1.29 is 24.3 Å². The highest BCUT2D eigenvalue weighted by molar-refractivity contribution is 5.97. The zero-order valence-electron chi connectivity index (χ0n) is 30.1. The number of likely N-dealkylation sites (N-methyl/N-ethyl adjacent to an activating group) is 1. The Balaban J connectivity index is 1.77. The number of likely N-dealkylation sites (tertiary alicyclic amines) is 2. The smallest absolute Gasteiger partial charge is 0.249 e. The molecule has 0 spiro atoms. The molecule has 1 unspecified atom stereocenters. The molecule has 2 fully saturated rings. The number of hydrogen-bond acceptors (Lipinski definition) is 6. The van der Waals surface area contributed by atoms with Crippen LogP contribution in [0.1, 0.15) is 99.1 Å². The Kier molecular flexibility index (Phi) is 13.6. The van der Waals surface area contributed by atoms with Gasteiger partial charge in [-0.25, -0.2) is 0 Å². The number of aliphatic hydroxyl groups is 1. The first-order valence-corrected chi connectivity index (χ1v) is 17.4. The Hall–Kier alpha value is -3.24. The lowest BCUT2D eigenvalue weighted by atomic mass is 9.84. The van der Waals surface area contributed by atoms with Crippen LogP contribution in [0.5, 0.6) is 0 Å². The Morgan fingerprint density at radius 2 is 1.55 bits per heavy atom. The second kappa shape index (κ2) is 16.7. The van der Waals surface area contributed by atoms with E-state index < -0.39 is 29.6 Å². The molecule has 10 heteroatoms. The molecule has 5 atom stereocenters. The van der Waals surface area contributed by atoms with Crippen LogP contribution in [0.2, 0.25) is 0 Å². The van der Waals surface area contributed by atoms with Gasteiger partial charge in [0.25, 0.3) is 0 Å². The molecule has 3 N–H and O–H groups in total. The van der Waals surface area contributed by atoms with Crippen molar-refractivity contribution in [1.29, 1.82) is 0 Å². The summed E-state index contributed by atoms with van der Waals surface area (Å²) in [5.41, 5.74) is 0.705. The Labute approximate surface area is 282 Å². The molecule has 2 aliphatic heterocycles. The van der Waals surface area contributed by atoms with E-state index in [9.17, 15) is 24.3 Å². The summed E-state index contributed by atoms with van der Waals surface area (Å²) in [6.45, 7) is 16.9.